The number of benzene rings is 1. The van der Waals surface area contributed by atoms with E-state index in [1.54, 1.807) is 18.2 Å². The van der Waals surface area contributed by atoms with Gasteiger partial charge in [-0.25, -0.2) is 4.68 Å². The average molecular weight is 283 g/mol. The largest absolute Gasteiger partial charge is 0.378 e. The predicted molar refractivity (Wildman–Crippen MR) is 66.8 cm³/mol. The van der Waals surface area contributed by atoms with Gasteiger partial charge in [-0.1, -0.05) is 28.4 Å². The van der Waals surface area contributed by atoms with Crippen molar-refractivity contribution in [1.82, 2.24) is 15.0 Å². The van der Waals surface area contributed by atoms with Gasteiger partial charge in [0.25, 0.3) is 0 Å². The summed E-state index contributed by atoms with van der Waals surface area (Å²) in [5.41, 5.74) is 1.40. The van der Waals surface area contributed by atoms with E-state index in [9.17, 15) is 0 Å². The fraction of sp³-hybridized carbons (Fsp3) is 0.182. The second-order valence-electron chi connectivity index (χ2n) is 3.47. The van der Waals surface area contributed by atoms with E-state index < -0.39 is 0 Å². The smallest absolute Gasteiger partial charge is 0.188 e. The molecule has 2 aromatic rings. The van der Waals surface area contributed by atoms with Gasteiger partial charge in [-0.05, 0) is 18.2 Å². The predicted octanol–water partition coefficient (Wildman–Crippen LogP) is 2.59. The summed E-state index contributed by atoms with van der Waals surface area (Å²) in [6.45, 7) is 0.222. The van der Waals surface area contributed by atoms with Crippen molar-refractivity contribution in [2.24, 2.45) is 0 Å². The van der Waals surface area contributed by atoms with Crippen LogP contribution in [0.15, 0.2) is 18.2 Å². The highest BCUT2D eigenvalue weighted by atomic mass is 35.5. The number of hydrogen-bond donors (Lipinski definition) is 0. The van der Waals surface area contributed by atoms with Gasteiger partial charge in [-0.2, -0.15) is 5.26 Å². The summed E-state index contributed by atoms with van der Waals surface area (Å²) in [6.07, 6.45) is 0. The summed E-state index contributed by atoms with van der Waals surface area (Å²) in [4.78, 5) is 0. The van der Waals surface area contributed by atoms with E-state index in [2.05, 4.69) is 10.3 Å². The SMILES string of the molecule is COCc1c(C#N)nnn1-c1cc(Cl)cc(Cl)c1. The number of aromatic nitrogens is 3. The third-order valence-electron chi connectivity index (χ3n) is 2.24. The molecule has 1 aromatic heterocycles. The molecular weight excluding hydrogens is 275 g/mol. The lowest BCUT2D eigenvalue weighted by molar-refractivity contribution is 0.179. The van der Waals surface area contributed by atoms with E-state index >= 15 is 0 Å². The van der Waals surface area contributed by atoms with Gasteiger partial charge in [0.15, 0.2) is 5.69 Å². The Morgan fingerprint density at radius 2 is 2.00 bits per heavy atom. The third kappa shape index (κ3) is 2.46. The minimum Gasteiger partial charge on any atom is -0.378 e. The van der Waals surface area contributed by atoms with Crippen LogP contribution in [0.5, 0.6) is 0 Å². The Kier molecular flexibility index (Phi) is 3.82. The van der Waals surface area contributed by atoms with Crippen LogP contribution in [0.3, 0.4) is 0 Å². The summed E-state index contributed by atoms with van der Waals surface area (Å²) in [7, 11) is 1.53. The molecule has 0 saturated heterocycles. The van der Waals surface area contributed by atoms with Gasteiger partial charge in [0, 0.05) is 17.2 Å². The fourth-order valence-corrected chi connectivity index (χ4v) is 2.04. The van der Waals surface area contributed by atoms with Gasteiger partial charge < -0.3 is 4.74 Å². The fourth-order valence-electron chi connectivity index (χ4n) is 1.52. The summed E-state index contributed by atoms with van der Waals surface area (Å²) in [6, 6.07) is 6.94. The Hall–Kier alpha value is -1.61. The minimum atomic E-state index is 0.216. The first-order valence-corrected chi connectivity index (χ1v) is 5.71. The molecule has 92 valence electrons. The lowest BCUT2D eigenvalue weighted by Gasteiger charge is -2.06. The van der Waals surface area contributed by atoms with Gasteiger partial charge in [0.1, 0.15) is 11.8 Å². The van der Waals surface area contributed by atoms with Crippen LogP contribution in [-0.2, 0) is 11.3 Å². The molecule has 0 saturated carbocycles. The Balaban J connectivity index is 2.56. The summed E-state index contributed by atoms with van der Waals surface area (Å²) in [5.74, 6) is 0. The van der Waals surface area contributed by atoms with E-state index in [0.29, 0.717) is 21.4 Å². The van der Waals surface area contributed by atoms with Crippen molar-refractivity contribution in [3.05, 3.63) is 39.6 Å². The maximum atomic E-state index is 8.94. The topological polar surface area (TPSA) is 63.7 Å². The maximum Gasteiger partial charge on any atom is 0.188 e. The zero-order valence-corrected chi connectivity index (χ0v) is 10.9. The molecule has 1 aromatic carbocycles. The van der Waals surface area contributed by atoms with Crippen LogP contribution in [0.1, 0.15) is 11.4 Å². The van der Waals surface area contributed by atoms with E-state index in [0.717, 1.165) is 0 Å². The molecule has 7 heteroatoms. The minimum absolute atomic E-state index is 0.216. The molecular formula is C11H8Cl2N4O. The van der Waals surface area contributed by atoms with Crippen molar-refractivity contribution >= 4 is 23.2 Å². The zero-order chi connectivity index (χ0) is 13.1. The molecule has 1 heterocycles. The summed E-state index contributed by atoms with van der Waals surface area (Å²) >= 11 is 11.9. The molecule has 0 N–H and O–H groups in total. The molecule has 5 nitrogen and oxygen atoms in total. The first-order chi connectivity index (χ1) is 8.65. The lowest BCUT2D eigenvalue weighted by Crippen LogP contribution is -2.04. The molecule has 18 heavy (non-hydrogen) atoms. The van der Waals surface area contributed by atoms with Crippen molar-refractivity contribution in [3.8, 4) is 11.8 Å². The normalized spacial score (nSPS) is 10.3. The highest BCUT2D eigenvalue weighted by molar-refractivity contribution is 6.34. The summed E-state index contributed by atoms with van der Waals surface area (Å²) in [5, 5.41) is 17.6. The number of methoxy groups -OCH3 is 1. The van der Waals surface area contributed by atoms with Gasteiger partial charge in [-0.15, -0.1) is 5.10 Å². The first kappa shape index (κ1) is 12.8. The van der Waals surface area contributed by atoms with Crippen molar-refractivity contribution < 1.29 is 4.74 Å². The molecule has 0 fully saturated rings. The van der Waals surface area contributed by atoms with Crippen LogP contribution >= 0.6 is 23.2 Å². The Bertz CT molecular complexity index is 598. The van der Waals surface area contributed by atoms with Crippen molar-refractivity contribution in [3.63, 3.8) is 0 Å². The maximum absolute atomic E-state index is 8.94. The van der Waals surface area contributed by atoms with Crippen LogP contribution in [0.25, 0.3) is 5.69 Å². The molecule has 0 radical (unpaired) electrons. The molecule has 0 atom stereocenters. The highest BCUT2D eigenvalue weighted by Gasteiger charge is 2.14. The number of hydrogen-bond acceptors (Lipinski definition) is 4. The van der Waals surface area contributed by atoms with E-state index in [4.69, 9.17) is 33.2 Å². The Labute approximate surface area is 113 Å². The highest BCUT2D eigenvalue weighted by Crippen LogP contribution is 2.23. The van der Waals surface area contributed by atoms with Crippen molar-refractivity contribution in [1.29, 1.82) is 5.26 Å². The van der Waals surface area contributed by atoms with E-state index in [1.807, 2.05) is 6.07 Å². The van der Waals surface area contributed by atoms with Crippen molar-refractivity contribution in [2.75, 3.05) is 7.11 Å². The molecule has 0 aliphatic heterocycles. The second kappa shape index (κ2) is 5.36. The van der Waals surface area contributed by atoms with Crippen LogP contribution in [0, 0.1) is 11.3 Å². The molecule has 0 aliphatic rings. The van der Waals surface area contributed by atoms with Crippen LogP contribution < -0.4 is 0 Å². The number of halogens is 2. The van der Waals surface area contributed by atoms with Crippen LogP contribution in [-0.4, -0.2) is 22.1 Å². The lowest BCUT2D eigenvalue weighted by atomic mass is 10.3. The number of nitrogens with zero attached hydrogens (tertiary/aromatic N) is 4. The Morgan fingerprint density at radius 3 is 2.56 bits per heavy atom. The summed E-state index contributed by atoms with van der Waals surface area (Å²) < 4.78 is 6.52. The number of ether oxygens (including phenoxy) is 1. The van der Waals surface area contributed by atoms with Gasteiger partial charge in [-0.3, -0.25) is 0 Å². The monoisotopic (exact) mass is 282 g/mol. The number of nitriles is 1. The number of rotatable bonds is 3. The van der Waals surface area contributed by atoms with E-state index in [1.165, 1.54) is 11.8 Å². The van der Waals surface area contributed by atoms with Crippen LogP contribution in [0.4, 0.5) is 0 Å². The standard InChI is InChI=1S/C11H8Cl2N4O/c1-18-6-11-10(5-14)15-16-17(11)9-3-7(12)2-8(13)4-9/h2-4H,6H2,1H3. The Morgan fingerprint density at radius 1 is 1.33 bits per heavy atom. The second-order valence-corrected chi connectivity index (χ2v) is 4.34. The molecule has 0 amide bonds. The first-order valence-electron chi connectivity index (χ1n) is 4.95. The van der Waals surface area contributed by atoms with Gasteiger partial charge in [0.05, 0.1) is 12.3 Å². The third-order valence-corrected chi connectivity index (χ3v) is 2.68. The molecule has 2 rings (SSSR count). The molecule has 0 spiro atoms. The molecule has 0 aliphatic carbocycles. The quantitative estimate of drug-likeness (QED) is 0.868. The van der Waals surface area contributed by atoms with Crippen molar-refractivity contribution in [2.45, 2.75) is 6.61 Å². The van der Waals surface area contributed by atoms with Gasteiger partial charge in [0.2, 0.25) is 0 Å². The van der Waals surface area contributed by atoms with E-state index in [-0.39, 0.29) is 12.3 Å². The molecule has 0 unspecified atom stereocenters. The van der Waals surface area contributed by atoms with Crippen LogP contribution in [0.2, 0.25) is 10.0 Å². The zero-order valence-electron chi connectivity index (χ0n) is 9.39. The van der Waals surface area contributed by atoms with Gasteiger partial charge >= 0.3 is 0 Å². The average Bonchev–Trinajstić information content (AvgIpc) is 2.71. The molecule has 0 bridgehead atoms.